The third-order valence-corrected chi connectivity index (χ3v) is 6.68. The molecule has 0 amide bonds. The topological polar surface area (TPSA) is 73.9 Å². The third-order valence-electron chi connectivity index (χ3n) is 6.45. The number of halogens is 1. The number of hydrogen-bond acceptors (Lipinski definition) is 6. The number of carbonyl (C=O) groups excluding carboxylic acids is 2. The second kappa shape index (κ2) is 9.78. The fourth-order valence-corrected chi connectivity index (χ4v) is 5.13. The van der Waals surface area contributed by atoms with Crippen LogP contribution in [0.4, 0.5) is 0 Å². The third kappa shape index (κ3) is 5.08. The molecule has 2 aliphatic rings. The van der Waals surface area contributed by atoms with Crippen molar-refractivity contribution in [2.45, 2.75) is 46.1 Å². The zero-order valence-corrected chi connectivity index (χ0v) is 21.4. The van der Waals surface area contributed by atoms with Crippen molar-refractivity contribution in [3.05, 3.63) is 81.2 Å². The monoisotopic (exact) mass is 495 g/mol. The highest BCUT2D eigenvalue weighted by molar-refractivity contribution is 6.30. The lowest BCUT2D eigenvalue weighted by Crippen LogP contribution is -2.38. The number of hydrogen-bond donors (Lipinski definition) is 1. The number of nitrogens with one attached hydrogen (secondary N) is 1. The minimum absolute atomic E-state index is 0.0305. The van der Waals surface area contributed by atoms with Crippen molar-refractivity contribution >= 4 is 23.4 Å². The fourth-order valence-electron chi connectivity index (χ4n) is 4.92. The molecule has 7 heteroatoms. The highest BCUT2D eigenvalue weighted by Crippen LogP contribution is 2.47. The summed E-state index contributed by atoms with van der Waals surface area (Å²) in [6.45, 7) is 6.32. The number of ketones is 1. The van der Waals surface area contributed by atoms with Gasteiger partial charge >= 0.3 is 5.97 Å². The van der Waals surface area contributed by atoms with Gasteiger partial charge in [-0.2, -0.15) is 0 Å². The number of benzene rings is 2. The summed E-state index contributed by atoms with van der Waals surface area (Å²) in [5.74, 6) is 0.0666. The number of rotatable bonds is 6. The van der Waals surface area contributed by atoms with E-state index in [1.54, 1.807) is 7.11 Å². The van der Waals surface area contributed by atoms with E-state index in [0.717, 1.165) is 16.8 Å². The van der Waals surface area contributed by atoms with Crippen LogP contribution >= 0.6 is 11.6 Å². The maximum Gasteiger partial charge on any atom is 0.336 e. The Labute approximate surface area is 210 Å². The molecule has 0 spiro atoms. The summed E-state index contributed by atoms with van der Waals surface area (Å²) in [5, 5.41) is 3.96. The molecule has 0 saturated heterocycles. The fraction of sp³-hybridized carbons (Fsp3) is 0.357. The molecule has 4 rings (SSSR count). The van der Waals surface area contributed by atoms with Gasteiger partial charge in [-0.25, -0.2) is 4.79 Å². The SMILES string of the molecule is COC(=O)C1=C(C)NC2=C(C(=O)CC(C)(C)C2)C1c1ccc(OCc2cccc(Cl)c2)c(OC)c1. The molecule has 35 heavy (non-hydrogen) atoms. The Morgan fingerprint density at radius 3 is 2.57 bits per heavy atom. The van der Waals surface area contributed by atoms with Crippen LogP contribution in [0.1, 0.15) is 50.7 Å². The van der Waals surface area contributed by atoms with Gasteiger partial charge < -0.3 is 19.5 Å². The maximum absolute atomic E-state index is 13.4. The Bertz CT molecular complexity index is 1240. The average Bonchev–Trinajstić information content (AvgIpc) is 2.80. The van der Waals surface area contributed by atoms with E-state index in [0.29, 0.717) is 52.8 Å². The highest BCUT2D eigenvalue weighted by atomic mass is 35.5. The smallest absolute Gasteiger partial charge is 0.336 e. The molecule has 1 heterocycles. The van der Waals surface area contributed by atoms with Gasteiger partial charge in [-0.05, 0) is 54.2 Å². The standard InChI is InChI=1S/C28H30ClNO5/c1-16-24(27(32)34-5)25(26-20(30-16)13-28(2,3)14-21(26)31)18-9-10-22(23(12-18)33-4)35-15-17-7-6-8-19(29)11-17/h6-12,25,30H,13-15H2,1-5H3. The Morgan fingerprint density at radius 1 is 1.11 bits per heavy atom. The zero-order chi connectivity index (χ0) is 25.3. The second-order valence-corrected chi connectivity index (χ2v) is 10.2. The molecule has 0 aromatic heterocycles. The van der Waals surface area contributed by atoms with Crippen LogP contribution in [0.3, 0.4) is 0 Å². The second-order valence-electron chi connectivity index (χ2n) is 9.75. The molecule has 1 N–H and O–H groups in total. The quantitative estimate of drug-likeness (QED) is 0.518. The molecular formula is C28H30ClNO5. The van der Waals surface area contributed by atoms with Crippen LogP contribution in [0.2, 0.25) is 5.02 Å². The first-order valence-electron chi connectivity index (χ1n) is 11.5. The lowest BCUT2D eigenvalue weighted by atomic mass is 9.68. The molecule has 0 fully saturated rings. The summed E-state index contributed by atoms with van der Waals surface area (Å²) < 4.78 is 16.7. The summed E-state index contributed by atoms with van der Waals surface area (Å²) in [6.07, 6.45) is 1.13. The summed E-state index contributed by atoms with van der Waals surface area (Å²) in [7, 11) is 2.91. The lowest BCUT2D eigenvalue weighted by Gasteiger charge is -2.39. The first kappa shape index (κ1) is 24.9. The van der Waals surface area contributed by atoms with Crippen LogP contribution in [0, 0.1) is 5.41 Å². The molecule has 2 aromatic rings. The van der Waals surface area contributed by atoms with E-state index in [2.05, 4.69) is 19.2 Å². The van der Waals surface area contributed by atoms with Crippen molar-refractivity contribution < 1.29 is 23.8 Å². The molecule has 1 aliphatic carbocycles. The normalized spacial score (nSPS) is 19.1. The van der Waals surface area contributed by atoms with E-state index in [4.69, 9.17) is 25.8 Å². The number of Topliss-reactive ketones (excluding diaryl/α,β-unsaturated/α-hetero) is 1. The number of methoxy groups -OCH3 is 2. The van der Waals surface area contributed by atoms with Crippen LogP contribution < -0.4 is 14.8 Å². The molecule has 184 valence electrons. The molecule has 1 atom stereocenters. The Hall–Kier alpha value is -3.25. The number of ether oxygens (including phenoxy) is 3. The molecule has 0 saturated carbocycles. The Balaban J connectivity index is 1.74. The van der Waals surface area contributed by atoms with Crippen molar-refractivity contribution in [2.75, 3.05) is 14.2 Å². The van der Waals surface area contributed by atoms with Crippen molar-refractivity contribution in [3.8, 4) is 11.5 Å². The van der Waals surface area contributed by atoms with Crippen LogP contribution in [-0.4, -0.2) is 26.0 Å². The van der Waals surface area contributed by atoms with E-state index in [-0.39, 0.29) is 11.2 Å². The predicted molar refractivity (Wildman–Crippen MR) is 134 cm³/mol. The Morgan fingerprint density at radius 2 is 1.89 bits per heavy atom. The molecule has 1 unspecified atom stereocenters. The maximum atomic E-state index is 13.4. The first-order chi connectivity index (χ1) is 16.6. The lowest BCUT2D eigenvalue weighted by molar-refractivity contribution is -0.136. The summed E-state index contributed by atoms with van der Waals surface area (Å²) >= 11 is 6.08. The summed E-state index contributed by atoms with van der Waals surface area (Å²) in [6, 6.07) is 13.0. The zero-order valence-electron chi connectivity index (χ0n) is 20.7. The van der Waals surface area contributed by atoms with E-state index in [1.807, 2.05) is 49.4 Å². The van der Waals surface area contributed by atoms with Crippen molar-refractivity contribution in [2.24, 2.45) is 5.41 Å². The first-order valence-corrected chi connectivity index (χ1v) is 11.9. The summed E-state index contributed by atoms with van der Waals surface area (Å²) in [5.41, 5.74) is 4.12. The van der Waals surface area contributed by atoms with Gasteiger partial charge in [0.15, 0.2) is 17.3 Å². The van der Waals surface area contributed by atoms with Gasteiger partial charge in [0.1, 0.15) is 6.61 Å². The molecule has 0 radical (unpaired) electrons. The molecule has 1 aliphatic heterocycles. The highest BCUT2D eigenvalue weighted by Gasteiger charge is 2.43. The van der Waals surface area contributed by atoms with Gasteiger partial charge in [0.05, 0.1) is 19.8 Å². The summed E-state index contributed by atoms with van der Waals surface area (Å²) in [4.78, 5) is 26.2. The van der Waals surface area contributed by atoms with Crippen LogP contribution in [0.5, 0.6) is 11.5 Å². The van der Waals surface area contributed by atoms with Crippen LogP contribution in [-0.2, 0) is 20.9 Å². The average molecular weight is 496 g/mol. The van der Waals surface area contributed by atoms with E-state index < -0.39 is 11.9 Å². The number of allylic oxidation sites excluding steroid dienone is 3. The predicted octanol–water partition coefficient (Wildman–Crippen LogP) is 5.70. The largest absolute Gasteiger partial charge is 0.493 e. The van der Waals surface area contributed by atoms with Gasteiger partial charge in [0, 0.05) is 34.3 Å². The van der Waals surface area contributed by atoms with Crippen LogP contribution in [0.25, 0.3) is 0 Å². The van der Waals surface area contributed by atoms with Crippen molar-refractivity contribution in [1.82, 2.24) is 5.32 Å². The van der Waals surface area contributed by atoms with E-state index in [9.17, 15) is 9.59 Å². The van der Waals surface area contributed by atoms with Gasteiger partial charge in [0.2, 0.25) is 0 Å². The Kier molecular flexibility index (Phi) is 6.95. The van der Waals surface area contributed by atoms with Gasteiger partial charge in [-0.3, -0.25) is 4.79 Å². The van der Waals surface area contributed by atoms with Crippen molar-refractivity contribution in [3.63, 3.8) is 0 Å². The van der Waals surface area contributed by atoms with Crippen LogP contribution in [0.15, 0.2) is 65.0 Å². The molecule has 0 bridgehead atoms. The minimum Gasteiger partial charge on any atom is -0.493 e. The molecular weight excluding hydrogens is 466 g/mol. The van der Waals surface area contributed by atoms with E-state index in [1.165, 1.54) is 7.11 Å². The van der Waals surface area contributed by atoms with Gasteiger partial charge in [-0.15, -0.1) is 0 Å². The van der Waals surface area contributed by atoms with Gasteiger partial charge in [0.25, 0.3) is 0 Å². The molecule has 6 nitrogen and oxygen atoms in total. The van der Waals surface area contributed by atoms with Gasteiger partial charge in [-0.1, -0.05) is 43.6 Å². The number of esters is 1. The number of dihydropyridines is 1. The number of carbonyl (C=O) groups is 2. The minimum atomic E-state index is -0.557. The molecule has 2 aromatic carbocycles. The van der Waals surface area contributed by atoms with Crippen molar-refractivity contribution in [1.29, 1.82) is 0 Å². The van der Waals surface area contributed by atoms with E-state index >= 15 is 0 Å².